The van der Waals surface area contributed by atoms with Crippen LogP contribution in [0.25, 0.3) is 0 Å². The monoisotopic (exact) mass is 268 g/mol. The fourth-order valence-electron chi connectivity index (χ4n) is 1.32. The number of carboxylic acids is 1. The Morgan fingerprint density at radius 3 is 2.58 bits per heavy atom. The highest BCUT2D eigenvalue weighted by Gasteiger charge is 2.16. The topological polar surface area (TPSA) is 110 Å². The fraction of sp³-hybridized carbons (Fsp3) is 0.333. The lowest BCUT2D eigenvalue weighted by molar-refractivity contribution is 0.0693. The Kier molecular flexibility index (Phi) is 4.71. The first kappa shape index (κ1) is 14.8. The Hall–Kier alpha value is -2.28. The number of anilines is 1. The van der Waals surface area contributed by atoms with E-state index in [1.165, 1.54) is 24.1 Å². The fourth-order valence-corrected chi connectivity index (χ4v) is 1.32. The van der Waals surface area contributed by atoms with Crippen LogP contribution >= 0.6 is 0 Å². The van der Waals surface area contributed by atoms with Crippen molar-refractivity contribution in [2.75, 3.05) is 19.0 Å². The van der Waals surface area contributed by atoms with Crippen LogP contribution in [0.4, 0.5) is 10.5 Å². The van der Waals surface area contributed by atoms with Gasteiger partial charge in [0.25, 0.3) is 0 Å². The number of aromatic carboxylic acids is 1. The van der Waals surface area contributed by atoms with Crippen molar-refractivity contribution in [3.63, 3.8) is 0 Å². The summed E-state index contributed by atoms with van der Waals surface area (Å²) in [4.78, 5) is 23.9. The number of urea groups is 1. The second-order valence-electron chi connectivity index (χ2n) is 4.11. The number of aromatic hydroxyl groups is 1. The summed E-state index contributed by atoms with van der Waals surface area (Å²) in [6.45, 7) is 1.49. The molecule has 0 aliphatic rings. The third-order valence-corrected chi connectivity index (χ3v) is 2.72. The molecule has 0 fully saturated rings. The molecule has 0 heterocycles. The van der Waals surface area contributed by atoms with Gasteiger partial charge in [0.1, 0.15) is 11.3 Å². The number of aliphatic hydroxyl groups excluding tert-OH is 1. The summed E-state index contributed by atoms with van der Waals surface area (Å²) >= 11 is 0. The number of carbonyl (C=O) groups is 2. The molecule has 0 radical (unpaired) electrons. The molecule has 7 heteroatoms. The van der Waals surface area contributed by atoms with Gasteiger partial charge in [0.05, 0.1) is 12.6 Å². The van der Waals surface area contributed by atoms with Crippen LogP contribution < -0.4 is 5.32 Å². The van der Waals surface area contributed by atoms with Gasteiger partial charge in [-0.05, 0) is 25.1 Å². The number of benzene rings is 1. The molecule has 1 atom stereocenters. The van der Waals surface area contributed by atoms with Gasteiger partial charge in [0.15, 0.2) is 0 Å². The lowest BCUT2D eigenvalue weighted by Crippen LogP contribution is -2.40. The van der Waals surface area contributed by atoms with Crippen molar-refractivity contribution in [1.29, 1.82) is 0 Å². The molecule has 1 unspecified atom stereocenters. The average Bonchev–Trinajstić information content (AvgIpc) is 2.38. The van der Waals surface area contributed by atoms with E-state index in [1.54, 1.807) is 6.92 Å². The molecule has 2 amide bonds. The zero-order chi connectivity index (χ0) is 14.6. The number of nitrogens with zero attached hydrogens (tertiary/aromatic N) is 1. The van der Waals surface area contributed by atoms with Crippen molar-refractivity contribution in [2.24, 2.45) is 0 Å². The molecule has 0 spiro atoms. The zero-order valence-corrected chi connectivity index (χ0v) is 10.6. The lowest BCUT2D eigenvalue weighted by atomic mass is 10.2. The maximum absolute atomic E-state index is 11.8. The van der Waals surface area contributed by atoms with Gasteiger partial charge in [-0.25, -0.2) is 9.59 Å². The van der Waals surface area contributed by atoms with Crippen LogP contribution in [0, 0.1) is 0 Å². The Labute approximate surface area is 110 Å². The number of aliphatic hydroxyl groups is 1. The number of rotatable bonds is 4. The van der Waals surface area contributed by atoms with E-state index < -0.39 is 12.0 Å². The molecule has 7 nitrogen and oxygen atoms in total. The summed E-state index contributed by atoms with van der Waals surface area (Å²) in [5.41, 5.74) is -0.0483. The number of carbonyl (C=O) groups excluding carboxylic acids is 1. The molecular formula is C12H16N2O5. The Balaban J connectivity index is 2.86. The van der Waals surface area contributed by atoms with E-state index in [1.807, 2.05) is 0 Å². The van der Waals surface area contributed by atoms with E-state index in [0.717, 1.165) is 6.07 Å². The molecule has 0 saturated heterocycles. The van der Waals surface area contributed by atoms with Gasteiger partial charge in [-0.3, -0.25) is 0 Å². The summed E-state index contributed by atoms with van der Waals surface area (Å²) in [5.74, 6) is -1.66. The number of nitrogens with one attached hydrogen (secondary N) is 1. The average molecular weight is 268 g/mol. The molecule has 104 valence electrons. The van der Waals surface area contributed by atoms with E-state index in [9.17, 15) is 14.7 Å². The molecule has 1 aromatic carbocycles. The van der Waals surface area contributed by atoms with Gasteiger partial charge in [-0.2, -0.15) is 0 Å². The second kappa shape index (κ2) is 6.05. The van der Waals surface area contributed by atoms with Gasteiger partial charge in [-0.1, -0.05) is 0 Å². The van der Waals surface area contributed by atoms with Crippen molar-refractivity contribution in [1.82, 2.24) is 4.90 Å². The highest BCUT2D eigenvalue weighted by atomic mass is 16.4. The maximum Gasteiger partial charge on any atom is 0.339 e. The third-order valence-electron chi connectivity index (χ3n) is 2.72. The summed E-state index contributed by atoms with van der Waals surface area (Å²) in [6.07, 6.45) is 0. The predicted molar refractivity (Wildman–Crippen MR) is 68.4 cm³/mol. The van der Waals surface area contributed by atoms with E-state index in [0.29, 0.717) is 0 Å². The minimum atomic E-state index is -1.29. The quantitative estimate of drug-likeness (QED) is 0.607. The summed E-state index contributed by atoms with van der Waals surface area (Å²) in [6, 6.07) is 2.89. The van der Waals surface area contributed by atoms with E-state index in [4.69, 9.17) is 10.2 Å². The molecule has 1 aromatic rings. The highest BCUT2D eigenvalue weighted by molar-refractivity contribution is 5.95. The predicted octanol–water partition coefficient (Wildman–Crippen LogP) is 0.935. The van der Waals surface area contributed by atoms with Crippen molar-refractivity contribution < 1.29 is 24.9 Å². The SMILES string of the molecule is CC(CO)N(C)C(=O)Nc1ccc(O)c(C(=O)O)c1. The first-order chi connectivity index (χ1) is 8.86. The maximum atomic E-state index is 11.8. The molecule has 0 saturated carbocycles. The van der Waals surface area contributed by atoms with Crippen LogP contribution in [0.15, 0.2) is 18.2 Å². The normalized spacial score (nSPS) is 11.7. The van der Waals surface area contributed by atoms with Crippen LogP contribution in [0.5, 0.6) is 5.75 Å². The molecule has 0 aliphatic heterocycles. The molecule has 0 aliphatic carbocycles. The standard InChI is InChI=1S/C12H16N2O5/c1-7(6-15)14(2)12(19)13-8-3-4-10(16)9(5-8)11(17)18/h3-5,7,15-16H,6H2,1-2H3,(H,13,19)(H,17,18). The highest BCUT2D eigenvalue weighted by Crippen LogP contribution is 2.21. The Morgan fingerprint density at radius 1 is 1.42 bits per heavy atom. The zero-order valence-electron chi connectivity index (χ0n) is 10.6. The Bertz CT molecular complexity index is 489. The summed E-state index contributed by atoms with van der Waals surface area (Å²) < 4.78 is 0. The number of carboxylic acid groups (broad SMARTS) is 1. The third kappa shape index (κ3) is 3.59. The summed E-state index contributed by atoms with van der Waals surface area (Å²) in [5, 5.41) is 29.6. The van der Waals surface area contributed by atoms with Crippen LogP contribution in [0.3, 0.4) is 0 Å². The summed E-state index contributed by atoms with van der Waals surface area (Å²) in [7, 11) is 1.51. The molecule has 4 N–H and O–H groups in total. The van der Waals surface area contributed by atoms with Crippen molar-refractivity contribution >= 4 is 17.7 Å². The molecular weight excluding hydrogens is 252 g/mol. The Morgan fingerprint density at radius 2 is 2.05 bits per heavy atom. The van der Waals surface area contributed by atoms with Crippen molar-refractivity contribution in [3.8, 4) is 5.75 Å². The molecule has 0 aromatic heterocycles. The van der Waals surface area contributed by atoms with Crippen LogP contribution in [0.2, 0.25) is 0 Å². The molecule has 1 rings (SSSR count). The van der Waals surface area contributed by atoms with Gasteiger partial charge in [0.2, 0.25) is 0 Å². The van der Waals surface area contributed by atoms with Gasteiger partial charge in [-0.15, -0.1) is 0 Å². The van der Waals surface area contributed by atoms with Crippen LogP contribution in [-0.4, -0.2) is 51.9 Å². The van der Waals surface area contributed by atoms with Gasteiger partial charge < -0.3 is 25.5 Å². The van der Waals surface area contributed by atoms with Crippen molar-refractivity contribution in [3.05, 3.63) is 23.8 Å². The lowest BCUT2D eigenvalue weighted by Gasteiger charge is -2.23. The largest absolute Gasteiger partial charge is 0.507 e. The number of hydrogen-bond acceptors (Lipinski definition) is 4. The van der Waals surface area contributed by atoms with E-state index in [-0.39, 0.29) is 29.6 Å². The number of phenols is 1. The van der Waals surface area contributed by atoms with Crippen molar-refractivity contribution in [2.45, 2.75) is 13.0 Å². The molecule has 0 bridgehead atoms. The van der Waals surface area contributed by atoms with Gasteiger partial charge in [0, 0.05) is 12.7 Å². The minimum absolute atomic E-state index is 0.181. The number of likely N-dealkylation sites (N-methyl/N-ethyl adjacent to an activating group) is 1. The van der Waals surface area contributed by atoms with Crippen LogP contribution in [-0.2, 0) is 0 Å². The minimum Gasteiger partial charge on any atom is -0.507 e. The van der Waals surface area contributed by atoms with E-state index in [2.05, 4.69) is 5.32 Å². The number of hydrogen-bond donors (Lipinski definition) is 4. The molecule has 19 heavy (non-hydrogen) atoms. The first-order valence-electron chi connectivity index (χ1n) is 5.57. The van der Waals surface area contributed by atoms with Crippen LogP contribution in [0.1, 0.15) is 17.3 Å². The van der Waals surface area contributed by atoms with Gasteiger partial charge >= 0.3 is 12.0 Å². The van der Waals surface area contributed by atoms with E-state index >= 15 is 0 Å². The second-order valence-corrected chi connectivity index (χ2v) is 4.11. The first-order valence-corrected chi connectivity index (χ1v) is 5.57. The smallest absolute Gasteiger partial charge is 0.339 e. The number of amides is 2.